The third-order valence-electron chi connectivity index (χ3n) is 3.38. The van der Waals surface area contributed by atoms with Crippen molar-refractivity contribution in [2.45, 2.75) is 45.7 Å². The average Bonchev–Trinajstić information content (AvgIpc) is 2.75. The van der Waals surface area contributed by atoms with E-state index in [2.05, 4.69) is 10.4 Å². The number of nitrogens with zero attached hydrogens (tertiary/aromatic N) is 3. The second-order valence-corrected chi connectivity index (χ2v) is 4.83. The quantitative estimate of drug-likeness (QED) is 0.693. The molecule has 0 saturated heterocycles. The second kappa shape index (κ2) is 7.45. The van der Waals surface area contributed by atoms with Gasteiger partial charge in [0.25, 0.3) is 0 Å². The van der Waals surface area contributed by atoms with Crippen LogP contribution in [-0.4, -0.2) is 40.7 Å². The molecule has 6 heteroatoms. The Kier molecular flexibility index (Phi) is 5.60. The maximum absolute atomic E-state index is 12.0. The molecule has 2 heterocycles. The Labute approximate surface area is 113 Å². The summed E-state index contributed by atoms with van der Waals surface area (Å²) in [5, 5.41) is 7.71. The molecular weight excluding hydrogens is 244 g/mol. The number of ether oxygens (including phenoxy) is 1. The van der Waals surface area contributed by atoms with Gasteiger partial charge in [0.05, 0.1) is 6.54 Å². The van der Waals surface area contributed by atoms with Crippen LogP contribution in [0, 0.1) is 0 Å². The van der Waals surface area contributed by atoms with E-state index < -0.39 is 0 Å². The molecule has 6 nitrogen and oxygen atoms in total. The summed E-state index contributed by atoms with van der Waals surface area (Å²) in [6.07, 6.45) is 4.17. The van der Waals surface area contributed by atoms with Gasteiger partial charge in [-0.2, -0.15) is 5.10 Å². The third-order valence-corrected chi connectivity index (χ3v) is 3.38. The van der Waals surface area contributed by atoms with Crippen LogP contribution in [-0.2, 0) is 24.2 Å². The lowest BCUT2D eigenvalue weighted by atomic mass is 10.2. The molecule has 1 aliphatic heterocycles. The predicted octanol–water partition coefficient (Wildman–Crippen LogP) is 0.397. The van der Waals surface area contributed by atoms with Crippen LogP contribution in [0.25, 0.3) is 0 Å². The van der Waals surface area contributed by atoms with Gasteiger partial charge in [-0.3, -0.25) is 4.57 Å². The molecular formula is C13H24N4O2. The summed E-state index contributed by atoms with van der Waals surface area (Å²) in [5.41, 5.74) is 0.0471. The molecule has 108 valence electrons. The highest BCUT2D eigenvalue weighted by molar-refractivity contribution is 4.91. The van der Waals surface area contributed by atoms with Crippen molar-refractivity contribution in [2.75, 3.05) is 26.3 Å². The van der Waals surface area contributed by atoms with Crippen LogP contribution in [0.1, 0.15) is 32.0 Å². The minimum Gasteiger partial charge on any atom is -0.382 e. The van der Waals surface area contributed by atoms with Crippen LogP contribution in [0.2, 0.25) is 0 Å². The minimum absolute atomic E-state index is 0.0471. The van der Waals surface area contributed by atoms with E-state index >= 15 is 0 Å². The lowest BCUT2D eigenvalue weighted by Gasteiger charge is -2.09. The van der Waals surface area contributed by atoms with Crippen molar-refractivity contribution in [2.24, 2.45) is 0 Å². The van der Waals surface area contributed by atoms with Crippen molar-refractivity contribution >= 4 is 0 Å². The Balaban J connectivity index is 1.71. The molecule has 1 N–H and O–H groups in total. The molecule has 0 bridgehead atoms. The molecule has 0 radical (unpaired) electrons. The van der Waals surface area contributed by atoms with Crippen molar-refractivity contribution in [1.82, 2.24) is 19.7 Å². The van der Waals surface area contributed by atoms with Crippen LogP contribution in [0.5, 0.6) is 0 Å². The van der Waals surface area contributed by atoms with Gasteiger partial charge in [0.2, 0.25) is 0 Å². The first kappa shape index (κ1) is 14.3. The number of nitrogens with one attached hydrogen (secondary N) is 1. The molecule has 0 fully saturated rings. The van der Waals surface area contributed by atoms with Crippen molar-refractivity contribution < 1.29 is 4.74 Å². The van der Waals surface area contributed by atoms with Gasteiger partial charge in [-0.1, -0.05) is 0 Å². The van der Waals surface area contributed by atoms with Gasteiger partial charge in [0.1, 0.15) is 5.82 Å². The lowest BCUT2D eigenvalue weighted by Crippen LogP contribution is -2.30. The number of hydrogen-bond acceptors (Lipinski definition) is 4. The van der Waals surface area contributed by atoms with E-state index in [-0.39, 0.29) is 5.69 Å². The van der Waals surface area contributed by atoms with E-state index in [1.54, 1.807) is 4.68 Å². The second-order valence-electron chi connectivity index (χ2n) is 4.83. The van der Waals surface area contributed by atoms with Gasteiger partial charge in [-0.15, -0.1) is 0 Å². The van der Waals surface area contributed by atoms with Crippen LogP contribution >= 0.6 is 0 Å². The van der Waals surface area contributed by atoms with Gasteiger partial charge in [-0.05, 0) is 32.7 Å². The van der Waals surface area contributed by atoms with Gasteiger partial charge in [0, 0.05) is 32.7 Å². The summed E-state index contributed by atoms with van der Waals surface area (Å²) in [7, 11) is 0. The maximum atomic E-state index is 12.0. The van der Waals surface area contributed by atoms with Crippen LogP contribution in [0.15, 0.2) is 4.79 Å². The highest BCUT2D eigenvalue weighted by atomic mass is 16.5. The normalized spacial score (nSPS) is 14.6. The summed E-state index contributed by atoms with van der Waals surface area (Å²) in [6.45, 7) is 6.74. The number of fused-ring (bicyclic) bond motifs is 1. The van der Waals surface area contributed by atoms with Gasteiger partial charge in [-0.25, -0.2) is 9.48 Å². The zero-order valence-corrected chi connectivity index (χ0v) is 11.7. The molecule has 0 saturated carbocycles. The van der Waals surface area contributed by atoms with Gasteiger partial charge >= 0.3 is 5.69 Å². The standard InChI is InChI=1S/C13H24N4O2/c1-2-19-11-5-7-14-8-10-17-13(18)16-9-4-3-6-12(16)15-17/h14H,2-11H2,1H3. The largest absolute Gasteiger partial charge is 0.382 e. The Bertz CT molecular complexity index is 438. The maximum Gasteiger partial charge on any atom is 0.345 e. The van der Waals surface area contributed by atoms with E-state index in [9.17, 15) is 4.79 Å². The first-order chi connectivity index (χ1) is 9.33. The topological polar surface area (TPSA) is 61.1 Å². The highest BCUT2D eigenvalue weighted by Gasteiger charge is 2.15. The van der Waals surface area contributed by atoms with Crippen LogP contribution in [0.3, 0.4) is 0 Å². The minimum atomic E-state index is 0.0471. The van der Waals surface area contributed by atoms with E-state index in [0.717, 1.165) is 64.4 Å². The van der Waals surface area contributed by atoms with Crippen LogP contribution < -0.4 is 11.0 Å². The fourth-order valence-electron chi connectivity index (χ4n) is 2.35. The van der Waals surface area contributed by atoms with Crippen molar-refractivity contribution in [1.29, 1.82) is 0 Å². The third kappa shape index (κ3) is 3.91. The molecule has 0 unspecified atom stereocenters. The summed E-state index contributed by atoms with van der Waals surface area (Å²) >= 11 is 0. The average molecular weight is 268 g/mol. The summed E-state index contributed by atoms with van der Waals surface area (Å²) in [5.74, 6) is 0.951. The molecule has 0 spiro atoms. The van der Waals surface area contributed by atoms with Crippen LogP contribution in [0.4, 0.5) is 0 Å². The Morgan fingerprint density at radius 2 is 2.26 bits per heavy atom. The molecule has 19 heavy (non-hydrogen) atoms. The molecule has 2 rings (SSSR count). The molecule has 1 aromatic heterocycles. The van der Waals surface area contributed by atoms with Crippen molar-refractivity contribution in [3.8, 4) is 0 Å². The van der Waals surface area contributed by atoms with E-state index in [1.807, 2.05) is 11.5 Å². The van der Waals surface area contributed by atoms with Gasteiger partial charge < -0.3 is 10.1 Å². The summed E-state index contributed by atoms with van der Waals surface area (Å²) < 4.78 is 8.67. The molecule has 0 atom stereocenters. The Morgan fingerprint density at radius 3 is 3.05 bits per heavy atom. The molecule has 0 aliphatic carbocycles. The fraction of sp³-hybridized carbons (Fsp3) is 0.846. The zero-order chi connectivity index (χ0) is 13.5. The highest BCUT2D eigenvalue weighted by Crippen LogP contribution is 2.08. The van der Waals surface area contributed by atoms with Gasteiger partial charge in [0.15, 0.2) is 0 Å². The first-order valence-corrected chi connectivity index (χ1v) is 7.28. The van der Waals surface area contributed by atoms with Crippen molar-refractivity contribution in [3.63, 3.8) is 0 Å². The monoisotopic (exact) mass is 268 g/mol. The van der Waals surface area contributed by atoms with E-state index in [1.165, 1.54) is 0 Å². The lowest BCUT2D eigenvalue weighted by molar-refractivity contribution is 0.144. The number of rotatable bonds is 8. The molecule has 0 amide bonds. The summed E-state index contributed by atoms with van der Waals surface area (Å²) in [4.78, 5) is 12.0. The molecule has 1 aromatic rings. The SMILES string of the molecule is CCOCCCNCCn1nc2n(c1=O)CCCC2. The Morgan fingerprint density at radius 1 is 1.37 bits per heavy atom. The predicted molar refractivity (Wildman–Crippen MR) is 73.4 cm³/mol. The number of hydrogen-bond donors (Lipinski definition) is 1. The number of aromatic nitrogens is 3. The van der Waals surface area contributed by atoms with E-state index in [4.69, 9.17) is 4.74 Å². The molecule has 1 aliphatic rings. The number of aryl methyl sites for hydroxylation is 1. The fourth-order valence-corrected chi connectivity index (χ4v) is 2.35. The Hall–Kier alpha value is -1.14. The molecule has 0 aromatic carbocycles. The summed E-state index contributed by atoms with van der Waals surface area (Å²) in [6, 6.07) is 0. The first-order valence-electron chi connectivity index (χ1n) is 7.28. The van der Waals surface area contributed by atoms with Crippen molar-refractivity contribution in [3.05, 3.63) is 16.3 Å². The zero-order valence-electron chi connectivity index (χ0n) is 11.7. The smallest absolute Gasteiger partial charge is 0.345 e. The van der Waals surface area contributed by atoms with E-state index in [0.29, 0.717) is 6.54 Å².